The monoisotopic (exact) mass is 259 g/mol. The molecule has 1 heterocycles. The van der Waals surface area contributed by atoms with Gasteiger partial charge in [-0.3, -0.25) is 0 Å². The van der Waals surface area contributed by atoms with Crippen LogP contribution in [0.25, 0.3) is 0 Å². The highest BCUT2D eigenvalue weighted by molar-refractivity contribution is 7.15. The Labute approximate surface area is 107 Å². The van der Waals surface area contributed by atoms with E-state index >= 15 is 0 Å². The molecule has 0 fully saturated rings. The van der Waals surface area contributed by atoms with Crippen LogP contribution in [0.3, 0.4) is 0 Å². The molecule has 6 heteroatoms. The van der Waals surface area contributed by atoms with E-state index in [9.17, 15) is 5.11 Å². The molecule has 1 rings (SSSR count). The first-order valence-electron chi connectivity index (χ1n) is 5.52. The molecule has 1 N–H and O–H groups in total. The van der Waals surface area contributed by atoms with E-state index in [2.05, 4.69) is 14.8 Å². The molecular formula is C11H21N3O2S. The Morgan fingerprint density at radius 2 is 2.00 bits per heavy atom. The molecule has 0 saturated heterocycles. The predicted molar refractivity (Wildman–Crippen MR) is 70.6 cm³/mol. The average molecular weight is 259 g/mol. The van der Waals surface area contributed by atoms with Crippen molar-refractivity contribution in [1.29, 1.82) is 0 Å². The van der Waals surface area contributed by atoms with Crippen LogP contribution in [0, 0.1) is 0 Å². The minimum Gasteiger partial charge on any atom is -0.391 e. The van der Waals surface area contributed by atoms with Crippen LogP contribution in [0.1, 0.15) is 10.6 Å². The minimum absolute atomic E-state index is 0.0257. The lowest BCUT2D eigenvalue weighted by Gasteiger charge is -2.18. The molecule has 0 unspecified atom stereocenters. The number of hydrogen-bond donors (Lipinski definition) is 1. The Balaban J connectivity index is 2.69. The van der Waals surface area contributed by atoms with Crippen LogP contribution >= 0.6 is 11.3 Å². The third kappa shape index (κ3) is 4.23. The third-order valence-electron chi connectivity index (χ3n) is 2.40. The van der Waals surface area contributed by atoms with Crippen LogP contribution in [0.15, 0.2) is 0 Å². The lowest BCUT2D eigenvalue weighted by molar-refractivity contribution is 0.179. The van der Waals surface area contributed by atoms with Gasteiger partial charge >= 0.3 is 0 Å². The van der Waals surface area contributed by atoms with Gasteiger partial charge in [0.15, 0.2) is 5.13 Å². The van der Waals surface area contributed by atoms with Gasteiger partial charge in [0, 0.05) is 27.2 Å². The summed E-state index contributed by atoms with van der Waals surface area (Å²) in [4.78, 5) is 9.61. The number of aromatic nitrogens is 1. The van der Waals surface area contributed by atoms with Crippen LogP contribution in [-0.2, 0) is 18.0 Å². The summed E-state index contributed by atoms with van der Waals surface area (Å²) >= 11 is 1.53. The second-order valence-corrected chi connectivity index (χ2v) is 5.24. The Morgan fingerprint density at radius 1 is 1.29 bits per heavy atom. The third-order valence-corrected chi connectivity index (χ3v) is 3.60. The number of aliphatic hydroxyl groups excluding tert-OH is 1. The SMILES string of the molecule is COCc1nc(N(C)CCN(C)C)sc1CO. The van der Waals surface area contributed by atoms with Gasteiger partial charge in [-0.2, -0.15) is 0 Å². The number of rotatable bonds is 7. The molecule has 5 nitrogen and oxygen atoms in total. The van der Waals surface area contributed by atoms with Crippen molar-refractivity contribution in [3.8, 4) is 0 Å². The van der Waals surface area contributed by atoms with Gasteiger partial charge < -0.3 is 19.6 Å². The molecular weight excluding hydrogens is 238 g/mol. The fraction of sp³-hybridized carbons (Fsp3) is 0.727. The molecule has 0 spiro atoms. The van der Waals surface area contributed by atoms with Crippen LogP contribution in [0.5, 0.6) is 0 Å². The molecule has 1 aromatic rings. The zero-order valence-electron chi connectivity index (χ0n) is 10.9. The molecule has 17 heavy (non-hydrogen) atoms. The molecule has 0 atom stereocenters. The second kappa shape index (κ2) is 6.90. The van der Waals surface area contributed by atoms with Crippen LogP contribution in [0.4, 0.5) is 5.13 Å². The summed E-state index contributed by atoms with van der Waals surface area (Å²) < 4.78 is 5.07. The first-order chi connectivity index (χ1) is 8.08. The van der Waals surface area contributed by atoms with Gasteiger partial charge in [0.1, 0.15) is 0 Å². The van der Waals surface area contributed by atoms with Gasteiger partial charge in [-0.25, -0.2) is 4.98 Å². The number of likely N-dealkylation sites (N-methyl/N-ethyl adjacent to an activating group) is 2. The summed E-state index contributed by atoms with van der Waals surface area (Å²) in [6, 6.07) is 0. The maximum atomic E-state index is 9.25. The van der Waals surface area contributed by atoms with E-state index < -0.39 is 0 Å². The molecule has 0 bridgehead atoms. The van der Waals surface area contributed by atoms with Crippen molar-refractivity contribution in [2.45, 2.75) is 13.2 Å². The van der Waals surface area contributed by atoms with Crippen molar-refractivity contribution in [3.63, 3.8) is 0 Å². The van der Waals surface area contributed by atoms with E-state index in [1.54, 1.807) is 7.11 Å². The Hall–Kier alpha value is -0.690. The highest BCUT2D eigenvalue weighted by Gasteiger charge is 2.13. The smallest absolute Gasteiger partial charge is 0.185 e. The summed E-state index contributed by atoms with van der Waals surface area (Å²) in [7, 11) is 7.74. The summed E-state index contributed by atoms with van der Waals surface area (Å²) in [5.74, 6) is 0. The molecule has 0 aliphatic heterocycles. The lowest BCUT2D eigenvalue weighted by Crippen LogP contribution is -2.28. The number of hydrogen-bond acceptors (Lipinski definition) is 6. The summed E-state index contributed by atoms with van der Waals surface area (Å²) in [5, 5.41) is 10.2. The van der Waals surface area contributed by atoms with Gasteiger partial charge in [-0.1, -0.05) is 11.3 Å². The van der Waals surface area contributed by atoms with Crippen LogP contribution in [-0.4, -0.2) is 56.3 Å². The Bertz CT molecular complexity index is 341. The van der Waals surface area contributed by atoms with E-state index in [-0.39, 0.29) is 6.61 Å². The maximum Gasteiger partial charge on any atom is 0.185 e. The number of ether oxygens (including phenoxy) is 1. The molecule has 0 radical (unpaired) electrons. The Kier molecular flexibility index (Phi) is 5.84. The largest absolute Gasteiger partial charge is 0.391 e. The van der Waals surface area contributed by atoms with Crippen LogP contribution in [0.2, 0.25) is 0 Å². The van der Waals surface area contributed by atoms with E-state index in [0.29, 0.717) is 6.61 Å². The van der Waals surface area contributed by atoms with E-state index in [0.717, 1.165) is 28.8 Å². The number of nitrogens with zero attached hydrogens (tertiary/aromatic N) is 3. The molecule has 0 aromatic carbocycles. The number of anilines is 1. The first-order valence-corrected chi connectivity index (χ1v) is 6.34. The zero-order chi connectivity index (χ0) is 12.8. The summed E-state index contributed by atoms with van der Waals surface area (Å²) in [6.45, 7) is 2.37. The standard InChI is InChI=1S/C11H21N3O2S/c1-13(2)5-6-14(3)11-12-9(8-16-4)10(7-15)17-11/h15H,5-8H2,1-4H3. The highest BCUT2D eigenvalue weighted by atomic mass is 32.1. The predicted octanol–water partition coefficient (Wildman–Crippen LogP) is 0.780. The number of aliphatic hydroxyl groups is 1. The Morgan fingerprint density at radius 3 is 2.53 bits per heavy atom. The number of thiazole rings is 1. The van der Waals surface area contributed by atoms with Crippen molar-refractivity contribution in [1.82, 2.24) is 9.88 Å². The lowest BCUT2D eigenvalue weighted by atomic mass is 10.4. The summed E-state index contributed by atoms with van der Waals surface area (Å²) in [6.07, 6.45) is 0. The topological polar surface area (TPSA) is 48.8 Å². The first kappa shape index (κ1) is 14.4. The average Bonchev–Trinajstić information content (AvgIpc) is 2.69. The van der Waals surface area contributed by atoms with Gasteiger partial charge in [0.05, 0.1) is 23.8 Å². The normalized spacial score (nSPS) is 11.2. The minimum atomic E-state index is 0.0257. The van der Waals surface area contributed by atoms with E-state index in [1.807, 2.05) is 21.1 Å². The van der Waals surface area contributed by atoms with Gasteiger partial charge in [-0.15, -0.1) is 0 Å². The van der Waals surface area contributed by atoms with Crippen molar-refractivity contribution >= 4 is 16.5 Å². The molecule has 0 aliphatic rings. The summed E-state index contributed by atoms with van der Waals surface area (Å²) in [5.41, 5.74) is 0.840. The van der Waals surface area contributed by atoms with Crippen LogP contribution < -0.4 is 4.90 Å². The zero-order valence-corrected chi connectivity index (χ0v) is 11.8. The second-order valence-electron chi connectivity index (χ2n) is 4.18. The van der Waals surface area contributed by atoms with Gasteiger partial charge in [0.2, 0.25) is 0 Å². The van der Waals surface area contributed by atoms with Crippen molar-refractivity contribution < 1.29 is 9.84 Å². The van der Waals surface area contributed by atoms with E-state index in [1.165, 1.54) is 11.3 Å². The fourth-order valence-corrected chi connectivity index (χ4v) is 2.26. The molecule has 0 amide bonds. The molecule has 0 saturated carbocycles. The van der Waals surface area contributed by atoms with Gasteiger partial charge in [0.25, 0.3) is 0 Å². The van der Waals surface area contributed by atoms with Crippen molar-refractivity contribution in [2.24, 2.45) is 0 Å². The maximum absolute atomic E-state index is 9.25. The van der Waals surface area contributed by atoms with Crippen molar-refractivity contribution in [2.75, 3.05) is 46.2 Å². The van der Waals surface area contributed by atoms with Crippen molar-refractivity contribution in [3.05, 3.63) is 10.6 Å². The van der Waals surface area contributed by atoms with E-state index in [4.69, 9.17) is 4.74 Å². The highest BCUT2D eigenvalue weighted by Crippen LogP contribution is 2.26. The number of methoxy groups -OCH3 is 1. The van der Waals surface area contributed by atoms with Gasteiger partial charge in [-0.05, 0) is 14.1 Å². The molecule has 98 valence electrons. The molecule has 1 aromatic heterocycles. The quantitative estimate of drug-likeness (QED) is 0.784. The molecule has 0 aliphatic carbocycles. The fourth-order valence-electron chi connectivity index (χ4n) is 1.35.